The molecule has 0 spiro atoms. The summed E-state index contributed by atoms with van der Waals surface area (Å²) in [6.45, 7) is 11.0. The van der Waals surface area contributed by atoms with Crippen molar-refractivity contribution in [3.05, 3.63) is 29.3 Å². The molecular weight excluding hydrogens is 316 g/mol. The second kappa shape index (κ2) is 9.42. The number of aryl methyl sites for hydroxylation is 1. The van der Waals surface area contributed by atoms with Crippen molar-refractivity contribution in [2.75, 3.05) is 44.6 Å². The standard InChI is InChI=1S/C19H30N4O2/c1-4-22(5-2)14-11-20-19(25)21-16-10-8-9-15(3)17(16)18(24)23-12-6-7-13-23/h8-10H,4-7,11-14H2,1-3H3,(H2,20,21,25). The molecule has 0 aliphatic carbocycles. The monoisotopic (exact) mass is 346 g/mol. The highest BCUT2D eigenvalue weighted by molar-refractivity contribution is 6.04. The Morgan fingerprint density at radius 2 is 1.84 bits per heavy atom. The van der Waals surface area contributed by atoms with Crippen molar-refractivity contribution in [3.8, 4) is 0 Å². The van der Waals surface area contributed by atoms with Gasteiger partial charge in [-0.05, 0) is 44.5 Å². The van der Waals surface area contributed by atoms with Crippen molar-refractivity contribution in [2.45, 2.75) is 33.6 Å². The molecule has 1 heterocycles. The first-order valence-corrected chi connectivity index (χ1v) is 9.22. The number of carbonyl (C=O) groups is 2. The van der Waals surface area contributed by atoms with Gasteiger partial charge < -0.3 is 20.4 Å². The Hall–Kier alpha value is -2.08. The molecule has 2 rings (SSSR count). The third-order valence-electron chi connectivity index (χ3n) is 4.74. The SMILES string of the molecule is CCN(CC)CCNC(=O)Nc1cccc(C)c1C(=O)N1CCCC1. The van der Waals surface area contributed by atoms with Crippen LogP contribution in [0.15, 0.2) is 18.2 Å². The second-order valence-corrected chi connectivity index (χ2v) is 6.40. The number of urea groups is 1. The lowest BCUT2D eigenvalue weighted by Crippen LogP contribution is -2.37. The third-order valence-corrected chi connectivity index (χ3v) is 4.74. The highest BCUT2D eigenvalue weighted by atomic mass is 16.2. The minimum absolute atomic E-state index is 0.00837. The van der Waals surface area contributed by atoms with Gasteiger partial charge in [0.05, 0.1) is 11.3 Å². The van der Waals surface area contributed by atoms with Crippen LogP contribution in [-0.2, 0) is 0 Å². The van der Waals surface area contributed by atoms with Crippen LogP contribution in [0.5, 0.6) is 0 Å². The second-order valence-electron chi connectivity index (χ2n) is 6.40. The number of hydrogen-bond donors (Lipinski definition) is 2. The van der Waals surface area contributed by atoms with Gasteiger partial charge in [-0.15, -0.1) is 0 Å². The highest BCUT2D eigenvalue weighted by Crippen LogP contribution is 2.23. The number of hydrogen-bond acceptors (Lipinski definition) is 3. The average Bonchev–Trinajstić information content (AvgIpc) is 3.13. The third kappa shape index (κ3) is 5.19. The van der Waals surface area contributed by atoms with Crippen molar-refractivity contribution < 1.29 is 9.59 Å². The fraction of sp³-hybridized carbons (Fsp3) is 0.579. The molecule has 2 N–H and O–H groups in total. The van der Waals surface area contributed by atoms with E-state index in [1.165, 1.54) is 0 Å². The Bertz CT molecular complexity index is 593. The van der Waals surface area contributed by atoms with Gasteiger partial charge in [-0.2, -0.15) is 0 Å². The number of anilines is 1. The molecule has 1 aromatic carbocycles. The van der Waals surface area contributed by atoms with Crippen LogP contribution in [0.4, 0.5) is 10.5 Å². The molecule has 25 heavy (non-hydrogen) atoms. The Balaban J connectivity index is 2.00. The molecule has 138 valence electrons. The number of nitrogens with one attached hydrogen (secondary N) is 2. The van der Waals surface area contributed by atoms with Crippen LogP contribution in [0.1, 0.15) is 42.6 Å². The summed E-state index contributed by atoms with van der Waals surface area (Å²) in [4.78, 5) is 29.1. The average molecular weight is 346 g/mol. The molecule has 3 amide bonds. The minimum Gasteiger partial charge on any atom is -0.339 e. The molecule has 1 aromatic rings. The summed E-state index contributed by atoms with van der Waals surface area (Å²) in [5.41, 5.74) is 2.07. The van der Waals surface area contributed by atoms with Crippen LogP contribution in [-0.4, -0.2) is 61.0 Å². The van der Waals surface area contributed by atoms with Gasteiger partial charge in [0.25, 0.3) is 5.91 Å². The summed E-state index contributed by atoms with van der Waals surface area (Å²) in [6, 6.07) is 5.29. The largest absolute Gasteiger partial charge is 0.339 e. The number of likely N-dealkylation sites (tertiary alicyclic amines) is 1. The zero-order valence-electron chi connectivity index (χ0n) is 15.6. The molecule has 6 heteroatoms. The van der Waals surface area contributed by atoms with E-state index in [-0.39, 0.29) is 11.9 Å². The number of amides is 3. The molecule has 6 nitrogen and oxygen atoms in total. The lowest BCUT2D eigenvalue weighted by Gasteiger charge is -2.20. The molecule has 1 aliphatic rings. The van der Waals surface area contributed by atoms with Gasteiger partial charge >= 0.3 is 6.03 Å². The Morgan fingerprint density at radius 1 is 1.16 bits per heavy atom. The summed E-state index contributed by atoms with van der Waals surface area (Å²) in [6.07, 6.45) is 2.10. The van der Waals surface area contributed by atoms with E-state index < -0.39 is 0 Å². The van der Waals surface area contributed by atoms with E-state index >= 15 is 0 Å². The zero-order chi connectivity index (χ0) is 18.2. The molecule has 1 saturated heterocycles. The van der Waals surface area contributed by atoms with Gasteiger partial charge in [-0.25, -0.2) is 4.79 Å². The van der Waals surface area contributed by atoms with Crippen molar-refractivity contribution >= 4 is 17.6 Å². The quantitative estimate of drug-likeness (QED) is 0.798. The first-order valence-electron chi connectivity index (χ1n) is 9.22. The number of rotatable bonds is 7. The first kappa shape index (κ1) is 19.2. The lowest BCUT2D eigenvalue weighted by molar-refractivity contribution is 0.0793. The minimum atomic E-state index is -0.270. The fourth-order valence-electron chi connectivity index (χ4n) is 3.17. The normalized spacial score (nSPS) is 14.0. The van der Waals surface area contributed by atoms with E-state index in [1.807, 2.05) is 24.0 Å². The smallest absolute Gasteiger partial charge is 0.319 e. The van der Waals surface area contributed by atoms with Gasteiger partial charge in [0, 0.05) is 26.2 Å². The van der Waals surface area contributed by atoms with Gasteiger partial charge in [-0.1, -0.05) is 26.0 Å². The van der Waals surface area contributed by atoms with Gasteiger partial charge in [-0.3, -0.25) is 4.79 Å². The molecular formula is C19H30N4O2. The highest BCUT2D eigenvalue weighted by Gasteiger charge is 2.24. The lowest BCUT2D eigenvalue weighted by atomic mass is 10.1. The Labute approximate surface area is 150 Å². The van der Waals surface area contributed by atoms with Crippen molar-refractivity contribution in [2.24, 2.45) is 0 Å². The summed E-state index contributed by atoms with van der Waals surface area (Å²) in [7, 11) is 0. The van der Waals surface area contributed by atoms with Gasteiger partial charge in [0.1, 0.15) is 0 Å². The molecule has 0 saturated carbocycles. The van der Waals surface area contributed by atoms with Crippen molar-refractivity contribution in [1.29, 1.82) is 0 Å². The summed E-state index contributed by atoms with van der Waals surface area (Å²) in [5, 5.41) is 5.72. The summed E-state index contributed by atoms with van der Waals surface area (Å²) in [5.74, 6) is 0.00837. The molecule has 0 radical (unpaired) electrons. The van der Waals surface area contributed by atoms with E-state index in [2.05, 4.69) is 29.4 Å². The van der Waals surface area contributed by atoms with Crippen LogP contribution in [0.3, 0.4) is 0 Å². The van der Waals surface area contributed by atoms with Gasteiger partial charge in [0.15, 0.2) is 0 Å². The summed E-state index contributed by atoms with van der Waals surface area (Å²) >= 11 is 0. The molecule has 0 aromatic heterocycles. The predicted molar refractivity (Wildman–Crippen MR) is 101 cm³/mol. The fourth-order valence-corrected chi connectivity index (χ4v) is 3.17. The Morgan fingerprint density at radius 3 is 2.48 bits per heavy atom. The zero-order valence-corrected chi connectivity index (χ0v) is 15.6. The van der Waals surface area contributed by atoms with Crippen molar-refractivity contribution in [3.63, 3.8) is 0 Å². The van der Waals surface area contributed by atoms with Crippen LogP contribution in [0, 0.1) is 6.92 Å². The van der Waals surface area contributed by atoms with E-state index in [0.717, 1.165) is 51.1 Å². The van der Waals surface area contributed by atoms with E-state index in [1.54, 1.807) is 6.07 Å². The van der Waals surface area contributed by atoms with E-state index in [0.29, 0.717) is 17.8 Å². The molecule has 0 atom stereocenters. The van der Waals surface area contributed by atoms with E-state index in [4.69, 9.17) is 0 Å². The first-order chi connectivity index (χ1) is 12.1. The molecule has 1 fully saturated rings. The van der Waals surface area contributed by atoms with E-state index in [9.17, 15) is 9.59 Å². The summed E-state index contributed by atoms with van der Waals surface area (Å²) < 4.78 is 0. The van der Waals surface area contributed by atoms with Gasteiger partial charge in [0.2, 0.25) is 0 Å². The van der Waals surface area contributed by atoms with Crippen LogP contribution in [0.2, 0.25) is 0 Å². The molecule has 1 aliphatic heterocycles. The predicted octanol–water partition coefficient (Wildman–Crippen LogP) is 2.69. The van der Waals surface area contributed by atoms with Crippen LogP contribution in [0.25, 0.3) is 0 Å². The molecule has 0 unspecified atom stereocenters. The number of likely N-dealkylation sites (N-methyl/N-ethyl adjacent to an activating group) is 1. The van der Waals surface area contributed by atoms with Crippen LogP contribution < -0.4 is 10.6 Å². The number of carbonyl (C=O) groups excluding carboxylic acids is 2. The maximum absolute atomic E-state index is 12.8. The maximum atomic E-state index is 12.8. The Kier molecular flexibility index (Phi) is 7.25. The molecule has 0 bridgehead atoms. The number of nitrogens with zero attached hydrogens (tertiary/aromatic N) is 2. The number of benzene rings is 1. The van der Waals surface area contributed by atoms with Crippen LogP contribution >= 0.6 is 0 Å². The van der Waals surface area contributed by atoms with Crippen molar-refractivity contribution in [1.82, 2.24) is 15.1 Å². The maximum Gasteiger partial charge on any atom is 0.319 e. The topological polar surface area (TPSA) is 64.7 Å².